The van der Waals surface area contributed by atoms with E-state index in [0.717, 1.165) is 13.0 Å². The topological polar surface area (TPSA) is 12.0 Å². The van der Waals surface area contributed by atoms with Crippen molar-refractivity contribution < 1.29 is 0 Å². The van der Waals surface area contributed by atoms with E-state index in [0.29, 0.717) is 6.04 Å². The third kappa shape index (κ3) is 3.71. The lowest BCUT2D eigenvalue weighted by molar-refractivity contribution is 0.549. The SMILES string of the molecule is CCNC(Cc1ccc(C)cc1)c1ccc(C)c(C)c1. The molecule has 0 aliphatic carbocycles. The summed E-state index contributed by atoms with van der Waals surface area (Å²) in [4.78, 5) is 0. The van der Waals surface area contributed by atoms with Gasteiger partial charge < -0.3 is 5.32 Å². The van der Waals surface area contributed by atoms with E-state index in [4.69, 9.17) is 0 Å². The van der Waals surface area contributed by atoms with Gasteiger partial charge in [0.25, 0.3) is 0 Å². The molecule has 0 saturated carbocycles. The number of likely N-dealkylation sites (N-methyl/N-ethyl adjacent to an activating group) is 1. The van der Waals surface area contributed by atoms with Gasteiger partial charge in [-0.3, -0.25) is 0 Å². The number of benzene rings is 2. The molecule has 0 heterocycles. The van der Waals surface area contributed by atoms with Crippen molar-refractivity contribution in [2.24, 2.45) is 0 Å². The van der Waals surface area contributed by atoms with Gasteiger partial charge in [0.15, 0.2) is 0 Å². The van der Waals surface area contributed by atoms with Gasteiger partial charge in [0, 0.05) is 6.04 Å². The second-order valence-electron chi connectivity index (χ2n) is 5.64. The standard InChI is InChI=1S/C19H25N/c1-5-20-19(13-17-9-6-14(2)7-10-17)18-11-8-15(3)16(4)12-18/h6-12,19-20H,5,13H2,1-4H3. The molecule has 0 bridgehead atoms. The molecular weight excluding hydrogens is 242 g/mol. The van der Waals surface area contributed by atoms with Crippen molar-refractivity contribution in [2.75, 3.05) is 6.54 Å². The van der Waals surface area contributed by atoms with Crippen molar-refractivity contribution >= 4 is 0 Å². The second-order valence-corrected chi connectivity index (χ2v) is 5.64. The molecule has 0 aliphatic rings. The molecule has 1 atom stereocenters. The average Bonchev–Trinajstić information content (AvgIpc) is 2.44. The summed E-state index contributed by atoms with van der Waals surface area (Å²) in [6, 6.07) is 16.0. The number of hydrogen-bond acceptors (Lipinski definition) is 1. The van der Waals surface area contributed by atoms with E-state index in [1.165, 1.54) is 27.8 Å². The van der Waals surface area contributed by atoms with Crippen LogP contribution in [0.1, 0.15) is 40.8 Å². The van der Waals surface area contributed by atoms with Gasteiger partial charge >= 0.3 is 0 Å². The van der Waals surface area contributed by atoms with E-state index >= 15 is 0 Å². The molecule has 1 heteroatoms. The molecule has 106 valence electrons. The summed E-state index contributed by atoms with van der Waals surface area (Å²) >= 11 is 0. The third-order valence-electron chi connectivity index (χ3n) is 3.94. The molecule has 0 aromatic heterocycles. The molecule has 2 aromatic carbocycles. The summed E-state index contributed by atoms with van der Waals surface area (Å²) in [7, 11) is 0. The van der Waals surface area contributed by atoms with Crippen LogP contribution in [0.25, 0.3) is 0 Å². The summed E-state index contributed by atoms with van der Waals surface area (Å²) in [6.45, 7) is 9.65. The molecule has 1 N–H and O–H groups in total. The van der Waals surface area contributed by atoms with Crippen LogP contribution in [-0.2, 0) is 6.42 Å². The van der Waals surface area contributed by atoms with Crippen molar-refractivity contribution in [1.29, 1.82) is 0 Å². The molecule has 2 rings (SSSR count). The molecule has 0 aliphatic heterocycles. The predicted octanol–water partition coefficient (Wildman–Crippen LogP) is 4.51. The number of aryl methyl sites for hydroxylation is 3. The normalized spacial score (nSPS) is 12.4. The summed E-state index contributed by atoms with van der Waals surface area (Å²) in [5.74, 6) is 0. The zero-order valence-corrected chi connectivity index (χ0v) is 13.0. The maximum absolute atomic E-state index is 3.61. The summed E-state index contributed by atoms with van der Waals surface area (Å²) < 4.78 is 0. The highest BCUT2D eigenvalue weighted by Crippen LogP contribution is 2.21. The third-order valence-corrected chi connectivity index (χ3v) is 3.94. The van der Waals surface area contributed by atoms with E-state index in [-0.39, 0.29) is 0 Å². The van der Waals surface area contributed by atoms with E-state index in [1.54, 1.807) is 0 Å². The van der Waals surface area contributed by atoms with Crippen molar-refractivity contribution in [3.8, 4) is 0 Å². The second kappa shape index (κ2) is 6.71. The maximum atomic E-state index is 3.61. The average molecular weight is 267 g/mol. The van der Waals surface area contributed by atoms with Gasteiger partial charge in [-0.1, -0.05) is 55.0 Å². The van der Waals surface area contributed by atoms with Gasteiger partial charge in [0.05, 0.1) is 0 Å². The Kier molecular flexibility index (Phi) is 4.97. The highest BCUT2D eigenvalue weighted by Gasteiger charge is 2.11. The first-order chi connectivity index (χ1) is 9.60. The fourth-order valence-electron chi connectivity index (χ4n) is 2.50. The molecule has 0 amide bonds. The van der Waals surface area contributed by atoms with Gasteiger partial charge in [-0.25, -0.2) is 0 Å². The zero-order valence-electron chi connectivity index (χ0n) is 13.0. The Bertz CT molecular complexity index is 554. The zero-order chi connectivity index (χ0) is 14.5. The van der Waals surface area contributed by atoms with Crippen LogP contribution < -0.4 is 5.32 Å². The fourth-order valence-corrected chi connectivity index (χ4v) is 2.50. The maximum Gasteiger partial charge on any atom is 0.0360 e. The minimum Gasteiger partial charge on any atom is -0.310 e. The molecule has 0 fully saturated rings. The fraction of sp³-hybridized carbons (Fsp3) is 0.368. The van der Waals surface area contributed by atoms with Crippen molar-refractivity contribution in [3.05, 3.63) is 70.3 Å². The molecule has 1 nitrogen and oxygen atoms in total. The van der Waals surface area contributed by atoms with Crippen LogP contribution in [0.5, 0.6) is 0 Å². The van der Waals surface area contributed by atoms with E-state index < -0.39 is 0 Å². The van der Waals surface area contributed by atoms with Gasteiger partial charge in [0.1, 0.15) is 0 Å². The largest absolute Gasteiger partial charge is 0.310 e. The summed E-state index contributed by atoms with van der Waals surface area (Å²) in [6.07, 6.45) is 1.04. The lowest BCUT2D eigenvalue weighted by atomic mass is 9.95. The molecule has 0 radical (unpaired) electrons. The summed E-state index contributed by atoms with van der Waals surface area (Å²) in [5.41, 5.74) is 6.82. The molecule has 0 spiro atoms. The van der Waals surface area contributed by atoms with Gasteiger partial charge in [-0.15, -0.1) is 0 Å². The number of nitrogens with one attached hydrogen (secondary N) is 1. The molecule has 2 aromatic rings. The minimum atomic E-state index is 0.391. The Hall–Kier alpha value is -1.60. The molecule has 20 heavy (non-hydrogen) atoms. The molecular formula is C19H25N. The number of rotatable bonds is 5. The van der Waals surface area contributed by atoms with Gasteiger partial charge in [-0.2, -0.15) is 0 Å². The Balaban J connectivity index is 2.21. The highest BCUT2D eigenvalue weighted by molar-refractivity contribution is 5.33. The first kappa shape index (κ1) is 14.8. The van der Waals surface area contributed by atoms with Crippen LogP contribution in [0.3, 0.4) is 0 Å². The van der Waals surface area contributed by atoms with Gasteiger partial charge in [-0.05, 0) is 56.0 Å². The van der Waals surface area contributed by atoms with Crippen LogP contribution in [0.2, 0.25) is 0 Å². The summed E-state index contributed by atoms with van der Waals surface area (Å²) in [5, 5.41) is 3.61. The van der Waals surface area contributed by atoms with E-state index in [2.05, 4.69) is 75.5 Å². The molecule has 1 unspecified atom stereocenters. The lowest BCUT2D eigenvalue weighted by Gasteiger charge is -2.20. The highest BCUT2D eigenvalue weighted by atomic mass is 14.9. The van der Waals surface area contributed by atoms with Crippen LogP contribution in [0.4, 0.5) is 0 Å². The van der Waals surface area contributed by atoms with Crippen molar-refractivity contribution in [3.63, 3.8) is 0 Å². The van der Waals surface area contributed by atoms with Crippen LogP contribution >= 0.6 is 0 Å². The predicted molar refractivity (Wildman–Crippen MR) is 87.2 cm³/mol. The Morgan fingerprint density at radius 2 is 1.60 bits per heavy atom. The monoisotopic (exact) mass is 267 g/mol. The Morgan fingerprint density at radius 3 is 2.20 bits per heavy atom. The molecule has 0 saturated heterocycles. The van der Waals surface area contributed by atoms with Crippen LogP contribution in [0, 0.1) is 20.8 Å². The number of hydrogen-bond donors (Lipinski definition) is 1. The van der Waals surface area contributed by atoms with Gasteiger partial charge in [0.2, 0.25) is 0 Å². The van der Waals surface area contributed by atoms with Crippen LogP contribution in [0.15, 0.2) is 42.5 Å². The smallest absolute Gasteiger partial charge is 0.0360 e. The van der Waals surface area contributed by atoms with E-state index in [9.17, 15) is 0 Å². The Labute approximate surface area is 123 Å². The first-order valence-corrected chi connectivity index (χ1v) is 7.46. The quantitative estimate of drug-likeness (QED) is 0.840. The minimum absolute atomic E-state index is 0.391. The van der Waals surface area contributed by atoms with Crippen molar-refractivity contribution in [2.45, 2.75) is 40.2 Å². The van der Waals surface area contributed by atoms with E-state index in [1.807, 2.05) is 0 Å². The first-order valence-electron chi connectivity index (χ1n) is 7.46. The Morgan fingerprint density at radius 1 is 0.900 bits per heavy atom. The lowest BCUT2D eigenvalue weighted by Crippen LogP contribution is -2.23. The van der Waals surface area contributed by atoms with Crippen molar-refractivity contribution in [1.82, 2.24) is 5.32 Å². The van der Waals surface area contributed by atoms with Crippen LogP contribution in [-0.4, -0.2) is 6.54 Å².